The fourth-order valence-corrected chi connectivity index (χ4v) is 4.68. The number of aromatic nitrogens is 2. The first-order valence-electron chi connectivity index (χ1n) is 11.8. The average Bonchev–Trinajstić information content (AvgIpc) is 3.26. The molecule has 2 saturated heterocycles. The van der Waals surface area contributed by atoms with Crippen LogP contribution >= 0.6 is 0 Å². The first-order valence-corrected chi connectivity index (χ1v) is 11.8. The van der Waals surface area contributed by atoms with Crippen molar-refractivity contribution in [3.8, 4) is 17.0 Å². The highest BCUT2D eigenvalue weighted by Crippen LogP contribution is 2.31. The van der Waals surface area contributed by atoms with E-state index in [1.165, 1.54) is 0 Å². The Morgan fingerprint density at radius 3 is 2.94 bits per heavy atom. The van der Waals surface area contributed by atoms with E-state index in [0.717, 1.165) is 62.6 Å². The highest BCUT2D eigenvalue weighted by Gasteiger charge is 2.22. The number of fused-ring (bicyclic) bond motifs is 1. The van der Waals surface area contributed by atoms with Crippen molar-refractivity contribution in [2.24, 2.45) is 13.0 Å². The van der Waals surface area contributed by atoms with Gasteiger partial charge < -0.3 is 23.8 Å². The summed E-state index contributed by atoms with van der Waals surface area (Å²) < 4.78 is 19.3. The topological polar surface area (TPSA) is 81.8 Å². The molecule has 0 amide bonds. The second-order valence-electron chi connectivity index (χ2n) is 9.19. The minimum absolute atomic E-state index is 0.0536. The van der Waals surface area contributed by atoms with Gasteiger partial charge in [0.1, 0.15) is 11.3 Å². The van der Waals surface area contributed by atoms with Gasteiger partial charge in [0, 0.05) is 70.0 Å². The summed E-state index contributed by atoms with van der Waals surface area (Å²) >= 11 is 0. The molecule has 0 radical (unpaired) electrons. The van der Waals surface area contributed by atoms with Crippen LogP contribution in [0, 0.1) is 5.92 Å². The standard InChI is InChI=1S/C25H32N4O4/c1-17-13-26-7-8-29(17)14-20-12-21-24(33-20)22(15-28(2)25(21)30)19-3-6-27-23(11-19)32-16-18-4-9-31-10-5-18/h3,6,11-12,15,17-18,26H,4-5,7-10,13-14,16H2,1-2H3. The largest absolute Gasteiger partial charge is 0.477 e. The van der Waals surface area contributed by atoms with Crippen LogP contribution in [0.1, 0.15) is 25.5 Å². The molecule has 176 valence electrons. The number of nitrogens with zero attached hydrogens (tertiary/aromatic N) is 3. The third-order valence-electron chi connectivity index (χ3n) is 6.75. The van der Waals surface area contributed by atoms with Gasteiger partial charge in [0.2, 0.25) is 5.88 Å². The van der Waals surface area contributed by atoms with E-state index in [1.807, 2.05) is 24.4 Å². The van der Waals surface area contributed by atoms with Crippen LogP contribution < -0.4 is 15.6 Å². The highest BCUT2D eigenvalue weighted by atomic mass is 16.5. The number of nitrogens with one attached hydrogen (secondary N) is 1. The lowest BCUT2D eigenvalue weighted by Crippen LogP contribution is -2.49. The van der Waals surface area contributed by atoms with Crippen molar-refractivity contribution in [2.75, 3.05) is 39.5 Å². The van der Waals surface area contributed by atoms with Crippen LogP contribution in [0.2, 0.25) is 0 Å². The Hall–Kier alpha value is -2.68. The zero-order chi connectivity index (χ0) is 22.8. The van der Waals surface area contributed by atoms with E-state index in [-0.39, 0.29) is 5.56 Å². The molecular formula is C25H32N4O4. The molecule has 1 atom stereocenters. The predicted octanol–water partition coefficient (Wildman–Crippen LogP) is 2.79. The van der Waals surface area contributed by atoms with Crippen LogP contribution in [0.25, 0.3) is 22.1 Å². The summed E-state index contributed by atoms with van der Waals surface area (Å²) in [4.78, 5) is 19.6. The second kappa shape index (κ2) is 9.67. The summed E-state index contributed by atoms with van der Waals surface area (Å²) in [5.74, 6) is 1.89. The first kappa shape index (κ1) is 22.1. The Balaban J connectivity index is 1.43. The van der Waals surface area contributed by atoms with Crippen LogP contribution in [-0.4, -0.2) is 59.9 Å². The lowest BCUT2D eigenvalue weighted by molar-refractivity contribution is 0.0490. The molecular weight excluding hydrogens is 420 g/mol. The van der Waals surface area contributed by atoms with Crippen molar-refractivity contribution in [3.63, 3.8) is 0 Å². The number of piperazine rings is 1. The van der Waals surface area contributed by atoms with Crippen LogP contribution in [-0.2, 0) is 18.3 Å². The molecule has 33 heavy (non-hydrogen) atoms. The highest BCUT2D eigenvalue weighted by molar-refractivity contribution is 5.92. The minimum Gasteiger partial charge on any atom is -0.477 e. The van der Waals surface area contributed by atoms with E-state index in [2.05, 4.69) is 22.1 Å². The van der Waals surface area contributed by atoms with Crippen molar-refractivity contribution >= 4 is 11.0 Å². The molecule has 3 aromatic heterocycles. The lowest BCUT2D eigenvalue weighted by atomic mass is 10.0. The maximum Gasteiger partial charge on any atom is 0.261 e. The van der Waals surface area contributed by atoms with Gasteiger partial charge in [-0.15, -0.1) is 0 Å². The average molecular weight is 453 g/mol. The van der Waals surface area contributed by atoms with E-state index >= 15 is 0 Å². The van der Waals surface area contributed by atoms with Crippen LogP contribution in [0.3, 0.4) is 0 Å². The molecule has 0 saturated carbocycles. The predicted molar refractivity (Wildman–Crippen MR) is 126 cm³/mol. The summed E-state index contributed by atoms with van der Waals surface area (Å²) in [7, 11) is 1.78. The number of furan rings is 1. The van der Waals surface area contributed by atoms with Gasteiger partial charge in [0.15, 0.2) is 0 Å². The third-order valence-corrected chi connectivity index (χ3v) is 6.75. The first-order chi connectivity index (χ1) is 16.1. The van der Waals surface area contributed by atoms with Crippen LogP contribution in [0.15, 0.2) is 39.8 Å². The fourth-order valence-electron chi connectivity index (χ4n) is 4.68. The Morgan fingerprint density at radius 1 is 1.27 bits per heavy atom. The number of pyridine rings is 2. The third kappa shape index (κ3) is 4.83. The smallest absolute Gasteiger partial charge is 0.261 e. The molecule has 2 fully saturated rings. The number of rotatable bonds is 6. The maximum atomic E-state index is 12.9. The van der Waals surface area contributed by atoms with Crippen LogP contribution in [0.5, 0.6) is 5.88 Å². The molecule has 0 bridgehead atoms. The van der Waals surface area contributed by atoms with E-state index in [0.29, 0.717) is 42.0 Å². The Bertz CT molecular complexity index is 1160. The van der Waals surface area contributed by atoms with E-state index < -0.39 is 0 Å². The number of ether oxygens (including phenoxy) is 2. The lowest BCUT2D eigenvalue weighted by Gasteiger charge is -2.33. The molecule has 0 aliphatic carbocycles. The van der Waals surface area contributed by atoms with Gasteiger partial charge in [-0.2, -0.15) is 0 Å². The minimum atomic E-state index is -0.0536. The molecule has 8 heteroatoms. The zero-order valence-electron chi connectivity index (χ0n) is 19.4. The summed E-state index contributed by atoms with van der Waals surface area (Å²) in [6, 6.07) is 6.19. The molecule has 5 rings (SSSR count). The van der Waals surface area contributed by atoms with Gasteiger partial charge in [-0.05, 0) is 43.4 Å². The summed E-state index contributed by atoms with van der Waals surface area (Å²) in [5, 5.41) is 4.02. The van der Waals surface area contributed by atoms with Gasteiger partial charge in [-0.25, -0.2) is 4.98 Å². The SMILES string of the molecule is CC1CNCCN1Cc1cc2c(=O)n(C)cc(-c3ccnc(OCC4CCOCC4)c3)c2o1. The quantitative estimate of drug-likeness (QED) is 0.616. The molecule has 3 aromatic rings. The molecule has 2 aliphatic rings. The Morgan fingerprint density at radius 2 is 2.12 bits per heavy atom. The number of hydrogen-bond donors (Lipinski definition) is 1. The molecule has 5 heterocycles. The van der Waals surface area contributed by atoms with Crippen molar-refractivity contribution in [1.29, 1.82) is 0 Å². The van der Waals surface area contributed by atoms with Gasteiger partial charge >= 0.3 is 0 Å². The van der Waals surface area contributed by atoms with Gasteiger partial charge in [0.25, 0.3) is 5.56 Å². The van der Waals surface area contributed by atoms with Crippen molar-refractivity contribution in [3.05, 3.63) is 46.7 Å². The zero-order valence-corrected chi connectivity index (χ0v) is 19.4. The van der Waals surface area contributed by atoms with Crippen molar-refractivity contribution in [1.82, 2.24) is 19.8 Å². The van der Waals surface area contributed by atoms with E-state index in [9.17, 15) is 4.79 Å². The Labute approximate surface area is 193 Å². The van der Waals surface area contributed by atoms with Gasteiger partial charge in [-0.3, -0.25) is 9.69 Å². The molecule has 0 aromatic carbocycles. The van der Waals surface area contributed by atoms with E-state index in [1.54, 1.807) is 17.8 Å². The maximum absolute atomic E-state index is 12.9. The normalized spacial score (nSPS) is 20.4. The monoisotopic (exact) mass is 452 g/mol. The number of hydrogen-bond acceptors (Lipinski definition) is 7. The van der Waals surface area contributed by atoms with Crippen LogP contribution in [0.4, 0.5) is 0 Å². The molecule has 1 unspecified atom stereocenters. The molecule has 0 spiro atoms. The second-order valence-corrected chi connectivity index (χ2v) is 9.19. The summed E-state index contributed by atoms with van der Waals surface area (Å²) in [6.07, 6.45) is 5.62. The fraction of sp³-hybridized carbons (Fsp3) is 0.520. The van der Waals surface area contributed by atoms with Gasteiger partial charge in [0.05, 0.1) is 18.5 Å². The van der Waals surface area contributed by atoms with E-state index in [4.69, 9.17) is 13.9 Å². The van der Waals surface area contributed by atoms with Crippen molar-refractivity contribution < 1.29 is 13.9 Å². The van der Waals surface area contributed by atoms with Gasteiger partial charge in [-0.1, -0.05) is 0 Å². The number of aryl methyl sites for hydroxylation is 1. The summed E-state index contributed by atoms with van der Waals surface area (Å²) in [6.45, 7) is 8.01. The molecule has 2 aliphatic heterocycles. The van der Waals surface area contributed by atoms with Crippen molar-refractivity contribution in [2.45, 2.75) is 32.4 Å². The summed E-state index contributed by atoms with van der Waals surface area (Å²) in [5.41, 5.74) is 2.36. The Kier molecular flexibility index (Phi) is 6.48. The molecule has 1 N–H and O–H groups in total. The molecule has 8 nitrogen and oxygen atoms in total.